The van der Waals surface area contributed by atoms with Crippen molar-refractivity contribution in [2.75, 3.05) is 23.7 Å². The van der Waals surface area contributed by atoms with Crippen LogP contribution in [0, 0.1) is 0 Å². The minimum Gasteiger partial charge on any atom is -0.369 e. The van der Waals surface area contributed by atoms with Crippen molar-refractivity contribution in [2.24, 2.45) is 4.99 Å². The van der Waals surface area contributed by atoms with Crippen LogP contribution in [0.4, 0.5) is 17.5 Å². The molecule has 0 amide bonds. The maximum Gasteiger partial charge on any atom is 0.280 e. The number of H-pyrrole nitrogens is 1. The zero-order valence-corrected chi connectivity index (χ0v) is 9.97. The molecule has 1 aromatic rings. The summed E-state index contributed by atoms with van der Waals surface area (Å²) in [6, 6.07) is 0. The average Bonchev–Trinajstić information content (AvgIpc) is 2.18. The lowest BCUT2D eigenvalue weighted by Crippen LogP contribution is -2.34. The molecule has 0 saturated carbocycles. The molecule has 0 unspecified atom stereocenters. The number of nitrogen functional groups attached to an aromatic ring is 1. The number of nitrogens with one attached hydrogen (secondary N) is 1. The Morgan fingerprint density at radius 2 is 2.25 bits per heavy atom. The van der Waals surface area contributed by atoms with Crippen LogP contribution in [0.3, 0.4) is 0 Å². The second-order valence-electron chi connectivity index (χ2n) is 3.48. The highest BCUT2D eigenvalue weighted by Gasteiger charge is 2.20. The Morgan fingerprint density at radius 1 is 1.56 bits per heavy atom. The van der Waals surface area contributed by atoms with Gasteiger partial charge >= 0.3 is 0 Å². The lowest BCUT2D eigenvalue weighted by molar-refractivity contribution is 0.875. The zero-order chi connectivity index (χ0) is 11.0. The topological polar surface area (TPSA) is 87.4 Å². The van der Waals surface area contributed by atoms with E-state index in [4.69, 9.17) is 5.73 Å². The van der Waals surface area contributed by atoms with Crippen molar-refractivity contribution in [2.45, 2.75) is 13.8 Å². The van der Waals surface area contributed by atoms with Gasteiger partial charge in [-0.3, -0.25) is 9.78 Å². The highest BCUT2D eigenvalue weighted by molar-refractivity contribution is 5.93. The van der Waals surface area contributed by atoms with Crippen LogP contribution in [0.2, 0.25) is 0 Å². The summed E-state index contributed by atoms with van der Waals surface area (Å²) in [6.45, 7) is 5.36. The molecule has 16 heavy (non-hydrogen) atoms. The molecular weight excluding hydrogens is 230 g/mol. The number of aromatic nitrogens is 2. The normalized spacial score (nSPS) is 13.9. The van der Waals surface area contributed by atoms with Gasteiger partial charge in [0.1, 0.15) is 0 Å². The summed E-state index contributed by atoms with van der Waals surface area (Å²) in [7, 11) is 0. The molecule has 0 saturated heterocycles. The number of nitrogens with zero attached hydrogens (tertiary/aromatic N) is 3. The fraction of sp³-hybridized carbons (Fsp3) is 0.444. The van der Waals surface area contributed by atoms with E-state index in [1.807, 2.05) is 18.7 Å². The van der Waals surface area contributed by atoms with E-state index in [-0.39, 0.29) is 23.9 Å². The third kappa shape index (κ3) is 2.01. The van der Waals surface area contributed by atoms with Crippen LogP contribution in [0.25, 0.3) is 0 Å². The summed E-state index contributed by atoms with van der Waals surface area (Å²) in [6.07, 6.45) is 0. The highest BCUT2D eigenvalue weighted by atomic mass is 35.5. The number of aliphatic imine (C=N–C) groups is 1. The molecule has 2 rings (SSSR count). The molecule has 0 bridgehead atoms. The van der Waals surface area contributed by atoms with Gasteiger partial charge in [-0.1, -0.05) is 0 Å². The summed E-state index contributed by atoms with van der Waals surface area (Å²) in [5.74, 6) is 0.705. The van der Waals surface area contributed by atoms with Crippen molar-refractivity contribution < 1.29 is 0 Å². The quantitative estimate of drug-likeness (QED) is 0.760. The molecule has 0 fully saturated rings. The number of fused-ring (bicyclic) bond motifs is 1. The molecule has 0 atom stereocenters. The lowest BCUT2D eigenvalue weighted by Gasteiger charge is -2.26. The second-order valence-corrected chi connectivity index (χ2v) is 3.48. The first-order valence-electron chi connectivity index (χ1n) is 4.80. The van der Waals surface area contributed by atoms with Gasteiger partial charge < -0.3 is 10.6 Å². The summed E-state index contributed by atoms with van der Waals surface area (Å²) in [5.41, 5.74) is 6.47. The summed E-state index contributed by atoms with van der Waals surface area (Å²) in [4.78, 5) is 24.3. The predicted molar refractivity (Wildman–Crippen MR) is 67.2 cm³/mol. The smallest absolute Gasteiger partial charge is 0.280 e. The molecule has 1 aromatic heterocycles. The SMILES string of the molecule is CCN1CC(C)=Nc2c1nc(N)[nH]c2=O.Cl. The number of halogens is 1. The molecule has 0 aromatic carbocycles. The molecular formula is C9H14ClN5O. The molecule has 0 radical (unpaired) electrons. The van der Waals surface area contributed by atoms with Crippen molar-refractivity contribution >= 4 is 35.6 Å². The predicted octanol–water partition coefficient (Wildman–Crippen LogP) is 0.706. The van der Waals surface area contributed by atoms with Crippen molar-refractivity contribution in [1.29, 1.82) is 0 Å². The fourth-order valence-corrected chi connectivity index (χ4v) is 1.63. The first-order chi connectivity index (χ1) is 7.11. The summed E-state index contributed by atoms with van der Waals surface area (Å²) >= 11 is 0. The van der Waals surface area contributed by atoms with Crippen LogP contribution in [-0.2, 0) is 0 Å². The molecule has 1 aliphatic rings. The summed E-state index contributed by atoms with van der Waals surface area (Å²) in [5, 5.41) is 0. The van der Waals surface area contributed by atoms with Crippen LogP contribution in [-0.4, -0.2) is 28.8 Å². The minimum absolute atomic E-state index is 0. The first-order valence-corrected chi connectivity index (χ1v) is 4.80. The first kappa shape index (κ1) is 12.5. The number of nitrogens with two attached hydrogens (primary N) is 1. The Kier molecular flexibility index (Phi) is 3.54. The van der Waals surface area contributed by atoms with Crippen molar-refractivity contribution in [1.82, 2.24) is 9.97 Å². The number of hydrogen-bond acceptors (Lipinski definition) is 5. The Balaban J connectivity index is 0.00000128. The van der Waals surface area contributed by atoms with Gasteiger partial charge in [0.25, 0.3) is 5.56 Å². The fourth-order valence-electron chi connectivity index (χ4n) is 1.63. The van der Waals surface area contributed by atoms with Gasteiger partial charge in [-0.05, 0) is 13.8 Å². The monoisotopic (exact) mass is 243 g/mol. The van der Waals surface area contributed by atoms with Crippen LogP contribution in [0.1, 0.15) is 13.8 Å². The van der Waals surface area contributed by atoms with Crippen LogP contribution < -0.4 is 16.2 Å². The van der Waals surface area contributed by atoms with E-state index in [1.165, 1.54) is 0 Å². The molecule has 2 heterocycles. The lowest BCUT2D eigenvalue weighted by atomic mass is 10.2. The van der Waals surface area contributed by atoms with Gasteiger partial charge in [-0.15, -0.1) is 12.4 Å². The largest absolute Gasteiger partial charge is 0.369 e. The van der Waals surface area contributed by atoms with Gasteiger partial charge in [0.2, 0.25) is 5.95 Å². The van der Waals surface area contributed by atoms with Gasteiger partial charge in [0.05, 0.1) is 6.54 Å². The Morgan fingerprint density at radius 3 is 2.88 bits per heavy atom. The van der Waals surface area contributed by atoms with Crippen molar-refractivity contribution in [3.8, 4) is 0 Å². The highest BCUT2D eigenvalue weighted by Crippen LogP contribution is 2.26. The van der Waals surface area contributed by atoms with Crippen molar-refractivity contribution in [3.63, 3.8) is 0 Å². The van der Waals surface area contributed by atoms with E-state index < -0.39 is 0 Å². The Labute approximate surface area is 99.0 Å². The molecule has 1 aliphatic heterocycles. The maximum absolute atomic E-state index is 11.6. The van der Waals surface area contributed by atoms with Gasteiger partial charge in [0.15, 0.2) is 11.5 Å². The van der Waals surface area contributed by atoms with E-state index in [9.17, 15) is 4.79 Å². The van der Waals surface area contributed by atoms with Crippen LogP contribution in [0.5, 0.6) is 0 Å². The van der Waals surface area contributed by atoms with E-state index in [0.717, 1.165) is 12.3 Å². The minimum atomic E-state index is -0.282. The van der Waals surface area contributed by atoms with Crippen LogP contribution >= 0.6 is 12.4 Å². The average molecular weight is 244 g/mol. The van der Waals surface area contributed by atoms with E-state index in [2.05, 4.69) is 15.0 Å². The second kappa shape index (κ2) is 4.52. The molecule has 6 nitrogen and oxygen atoms in total. The van der Waals surface area contributed by atoms with Gasteiger partial charge in [-0.25, -0.2) is 4.99 Å². The van der Waals surface area contributed by atoms with E-state index in [0.29, 0.717) is 18.1 Å². The van der Waals surface area contributed by atoms with Gasteiger partial charge in [0, 0.05) is 12.3 Å². The standard InChI is InChI=1S/C9H13N5O.ClH/c1-3-14-4-5(2)11-6-7(14)12-9(10)13-8(6)15;/h3-4H2,1-2H3,(H3,10,12,13,15);1H. The third-order valence-corrected chi connectivity index (χ3v) is 2.30. The van der Waals surface area contributed by atoms with E-state index in [1.54, 1.807) is 0 Å². The number of hydrogen-bond donors (Lipinski definition) is 2. The zero-order valence-electron chi connectivity index (χ0n) is 9.15. The van der Waals surface area contributed by atoms with Gasteiger partial charge in [-0.2, -0.15) is 4.98 Å². The maximum atomic E-state index is 11.6. The Hall–Kier alpha value is -1.56. The molecule has 0 aliphatic carbocycles. The molecule has 88 valence electrons. The van der Waals surface area contributed by atoms with Crippen molar-refractivity contribution in [3.05, 3.63) is 10.4 Å². The third-order valence-electron chi connectivity index (χ3n) is 2.30. The number of aromatic amines is 1. The Bertz CT molecular complexity index is 481. The van der Waals surface area contributed by atoms with Crippen LogP contribution in [0.15, 0.2) is 9.79 Å². The molecule has 7 heteroatoms. The summed E-state index contributed by atoms with van der Waals surface area (Å²) < 4.78 is 0. The number of anilines is 2. The number of rotatable bonds is 1. The van der Waals surface area contributed by atoms with E-state index >= 15 is 0 Å². The molecule has 0 spiro atoms. The molecule has 3 N–H and O–H groups in total.